The molecule has 38 heavy (non-hydrogen) atoms. The third-order valence-corrected chi connectivity index (χ3v) is 5.26. The summed E-state index contributed by atoms with van der Waals surface area (Å²) < 4.78 is 32.9. The van der Waals surface area contributed by atoms with Crippen molar-refractivity contribution in [2.24, 2.45) is 0 Å². The molecular weight excluding hydrogens is 528 g/mol. The number of ether oxygens (including phenoxy) is 6. The minimum atomic E-state index is -1.51. The smallest absolute Gasteiger partial charge is 0.325 e. The van der Waals surface area contributed by atoms with E-state index < -0.39 is 61.2 Å². The first kappa shape index (κ1) is 31.0. The van der Waals surface area contributed by atoms with Crippen molar-refractivity contribution in [3.05, 3.63) is 5.28 Å². The molecule has 0 N–H and O–H groups in total. The topological polar surface area (TPSA) is 166 Å². The summed E-state index contributed by atoms with van der Waals surface area (Å²) in [4.78, 5) is 61.7. The predicted octanol–water partition coefficient (Wildman–Crippen LogP) is 1.61. The van der Waals surface area contributed by atoms with Crippen molar-refractivity contribution in [3.8, 4) is 6.01 Å². The van der Waals surface area contributed by atoms with Crippen molar-refractivity contribution in [1.82, 2.24) is 15.0 Å². The molecular formula is C23H33ClN4O10. The van der Waals surface area contributed by atoms with Crippen LogP contribution in [0.5, 0.6) is 6.01 Å². The Morgan fingerprint density at radius 2 is 1.34 bits per heavy atom. The standard InChI is InChI=1S/C23H33ClN4O10/c1-10(2)28(11(3)4)22-25-21(24)26-23(27-22)38-20-19(36-15(8)32)18(35-14(7)31)17(34-13(6)30)16(37-20)9-33-12(5)29/h10-11,16-20H,9H2,1-8H3/t16-,17-,18+,19-,20+/m1/s1. The SMILES string of the molecule is CC(=O)OC[C@H]1O[C@@H](Oc2nc(Cl)nc(N(C(C)C)C(C)C)n2)[C@H](OC(C)=O)[C@@H](OC(C)=O)[C@@H]1OC(C)=O. The lowest BCUT2D eigenvalue weighted by Gasteiger charge is -2.43. The third-order valence-electron chi connectivity index (χ3n) is 5.09. The highest BCUT2D eigenvalue weighted by Gasteiger charge is 2.53. The Labute approximate surface area is 225 Å². The van der Waals surface area contributed by atoms with Crippen LogP contribution in [0.3, 0.4) is 0 Å². The van der Waals surface area contributed by atoms with Crippen molar-refractivity contribution < 1.29 is 47.6 Å². The van der Waals surface area contributed by atoms with Crippen LogP contribution in [0.4, 0.5) is 5.95 Å². The van der Waals surface area contributed by atoms with Gasteiger partial charge in [-0.2, -0.15) is 15.0 Å². The van der Waals surface area contributed by atoms with E-state index in [0.717, 1.165) is 20.8 Å². The molecule has 0 saturated carbocycles. The van der Waals surface area contributed by atoms with E-state index in [9.17, 15) is 19.2 Å². The zero-order chi connectivity index (χ0) is 28.7. The second-order valence-electron chi connectivity index (χ2n) is 8.97. The molecule has 0 radical (unpaired) electrons. The second kappa shape index (κ2) is 13.5. The molecule has 14 nitrogen and oxygen atoms in total. The lowest BCUT2D eigenvalue weighted by atomic mass is 9.98. The van der Waals surface area contributed by atoms with Gasteiger partial charge in [-0.1, -0.05) is 0 Å². The Bertz CT molecular complexity index is 1020. The summed E-state index contributed by atoms with van der Waals surface area (Å²) in [6.07, 6.45) is -6.87. The number of aromatic nitrogens is 3. The van der Waals surface area contributed by atoms with Crippen LogP contribution in [0.15, 0.2) is 0 Å². The van der Waals surface area contributed by atoms with E-state index in [-0.39, 0.29) is 29.3 Å². The minimum Gasteiger partial charge on any atom is -0.463 e. The first-order valence-electron chi connectivity index (χ1n) is 11.9. The molecule has 0 unspecified atom stereocenters. The molecule has 0 spiro atoms. The van der Waals surface area contributed by atoms with Gasteiger partial charge in [0.25, 0.3) is 0 Å². The van der Waals surface area contributed by atoms with Crippen LogP contribution in [-0.2, 0) is 42.9 Å². The van der Waals surface area contributed by atoms with Gasteiger partial charge in [-0.15, -0.1) is 0 Å². The van der Waals surface area contributed by atoms with Crippen LogP contribution in [0.2, 0.25) is 5.28 Å². The zero-order valence-electron chi connectivity index (χ0n) is 22.5. The van der Waals surface area contributed by atoms with Gasteiger partial charge in [-0.3, -0.25) is 19.2 Å². The number of carbonyl (C=O) groups excluding carboxylic acids is 4. The van der Waals surface area contributed by atoms with Gasteiger partial charge in [0.2, 0.25) is 23.6 Å². The number of hydrogen-bond donors (Lipinski definition) is 0. The molecule has 15 heteroatoms. The van der Waals surface area contributed by atoms with Gasteiger partial charge in [0.15, 0.2) is 12.2 Å². The van der Waals surface area contributed by atoms with E-state index in [4.69, 9.17) is 40.0 Å². The van der Waals surface area contributed by atoms with Crippen LogP contribution in [0.25, 0.3) is 0 Å². The molecule has 0 amide bonds. The first-order chi connectivity index (χ1) is 17.7. The summed E-state index contributed by atoms with van der Waals surface area (Å²) >= 11 is 6.15. The largest absolute Gasteiger partial charge is 0.463 e. The predicted molar refractivity (Wildman–Crippen MR) is 130 cm³/mol. The fraction of sp³-hybridized carbons (Fsp3) is 0.696. The highest BCUT2D eigenvalue weighted by Crippen LogP contribution is 2.31. The first-order valence-corrected chi connectivity index (χ1v) is 12.2. The van der Waals surface area contributed by atoms with Gasteiger partial charge < -0.3 is 33.3 Å². The summed E-state index contributed by atoms with van der Waals surface area (Å²) in [7, 11) is 0. The highest BCUT2D eigenvalue weighted by molar-refractivity contribution is 6.28. The maximum atomic E-state index is 12.0. The van der Waals surface area contributed by atoms with Crippen molar-refractivity contribution in [2.75, 3.05) is 11.5 Å². The number of halogens is 1. The van der Waals surface area contributed by atoms with Crippen molar-refractivity contribution in [1.29, 1.82) is 0 Å². The van der Waals surface area contributed by atoms with Gasteiger partial charge in [0.1, 0.15) is 12.7 Å². The van der Waals surface area contributed by atoms with E-state index in [1.165, 1.54) is 6.92 Å². The second-order valence-corrected chi connectivity index (χ2v) is 9.31. The summed E-state index contributed by atoms with van der Waals surface area (Å²) in [6.45, 7) is 11.9. The molecule has 1 aliphatic heterocycles. The lowest BCUT2D eigenvalue weighted by Crippen LogP contribution is -2.63. The van der Waals surface area contributed by atoms with Crippen LogP contribution >= 0.6 is 11.6 Å². The number of hydrogen-bond acceptors (Lipinski definition) is 14. The van der Waals surface area contributed by atoms with E-state index in [2.05, 4.69) is 15.0 Å². The average molecular weight is 561 g/mol. The van der Waals surface area contributed by atoms with E-state index in [1.807, 2.05) is 32.6 Å². The Kier molecular flexibility index (Phi) is 11.0. The number of rotatable bonds is 10. The summed E-state index contributed by atoms with van der Waals surface area (Å²) in [5.74, 6) is -2.72. The summed E-state index contributed by atoms with van der Waals surface area (Å²) in [5.41, 5.74) is 0. The van der Waals surface area contributed by atoms with E-state index in [1.54, 1.807) is 0 Å². The quantitative estimate of drug-likeness (QED) is 0.299. The Morgan fingerprint density at radius 1 is 0.816 bits per heavy atom. The molecule has 1 fully saturated rings. The lowest BCUT2D eigenvalue weighted by molar-refractivity contribution is -0.289. The fourth-order valence-electron chi connectivity index (χ4n) is 3.94. The maximum absolute atomic E-state index is 12.0. The summed E-state index contributed by atoms with van der Waals surface area (Å²) in [5, 5.41) is -0.179. The monoisotopic (exact) mass is 560 g/mol. The van der Waals surface area contributed by atoms with Gasteiger partial charge in [-0.25, -0.2) is 0 Å². The number of esters is 4. The molecule has 5 atom stereocenters. The van der Waals surface area contributed by atoms with Gasteiger partial charge >= 0.3 is 29.9 Å². The third kappa shape index (κ3) is 8.65. The number of anilines is 1. The highest BCUT2D eigenvalue weighted by atomic mass is 35.5. The van der Waals surface area contributed by atoms with Gasteiger partial charge in [-0.05, 0) is 39.3 Å². The molecule has 1 aliphatic rings. The van der Waals surface area contributed by atoms with E-state index >= 15 is 0 Å². The molecule has 1 aromatic rings. The Balaban J connectivity index is 2.55. The Morgan fingerprint density at radius 3 is 1.84 bits per heavy atom. The van der Waals surface area contributed by atoms with Crippen LogP contribution < -0.4 is 9.64 Å². The molecule has 1 aromatic heterocycles. The zero-order valence-corrected chi connectivity index (χ0v) is 23.3. The molecule has 0 aromatic carbocycles. The molecule has 2 heterocycles. The van der Waals surface area contributed by atoms with Crippen LogP contribution in [0, 0.1) is 0 Å². The fourth-order valence-corrected chi connectivity index (χ4v) is 4.08. The molecule has 212 valence electrons. The van der Waals surface area contributed by atoms with Crippen LogP contribution in [-0.4, -0.2) is 88.2 Å². The number of carbonyl (C=O) groups is 4. The van der Waals surface area contributed by atoms with Crippen molar-refractivity contribution in [2.45, 2.75) is 98.2 Å². The molecule has 2 rings (SSSR count). The molecule has 0 bridgehead atoms. The van der Waals surface area contributed by atoms with Crippen LogP contribution in [0.1, 0.15) is 55.4 Å². The van der Waals surface area contributed by atoms with E-state index in [0.29, 0.717) is 0 Å². The van der Waals surface area contributed by atoms with Crippen molar-refractivity contribution in [3.63, 3.8) is 0 Å². The summed E-state index contributed by atoms with van der Waals surface area (Å²) in [6, 6.07) is -0.300. The molecule has 0 aliphatic carbocycles. The molecule has 1 saturated heterocycles. The minimum absolute atomic E-state index is 0.00742. The normalized spacial score (nSPS) is 23.0. The maximum Gasteiger partial charge on any atom is 0.325 e. The van der Waals surface area contributed by atoms with Crippen molar-refractivity contribution >= 4 is 41.4 Å². The Hall–Kier alpha value is -3.26. The van der Waals surface area contributed by atoms with Gasteiger partial charge in [0.05, 0.1) is 0 Å². The van der Waals surface area contributed by atoms with Gasteiger partial charge in [0, 0.05) is 39.8 Å². The number of nitrogens with zero attached hydrogens (tertiary/aromatic N) is 4. The average Bonchev–Trinajstić information content (AvgIpc) is 2.74.